The van der Waals surface area contributed by atoms with Crippen molar-refractivity contribution in [1.29, 1.82) is 0 Å². The first-order valence-corrected chi connectivity index (χ1v) is 13.0. The van der Waals surface area contributed by atoms with E-state index in [4.69, 9.17) is 4.74 Å². The number of aromatic amines is 1. The van der Waals surface area contributed by atoms with Gasteiger partial charge in [-0.1, -0.05) is 43.7 Å². The molecular weight excluding hydrogens is 495 g/mol. The van der Waals surface area contributed by atoms with E-state index < -0.39 is 11.7 Å². The first-order chi connectivity index (χ1) is 18.2. The smallest absolute Gasteiger partial charge is 0.385 e. The van der Waals surface area contributed by atoms with Gasteiger partial charge in [0.1, 0.15) is 0 Å². The van der Waals surface area contributed by atoms with Gasteiger partial charge in [0.2, 0.25) is 11.8 Å². The van der Waals surface area contributed by atoms with Gasteiger partial charge in [0.25, 0.3) is 0 Å². The third-order valence-corrected chi connectivity index (χ3v) is 6.53. The molecule has 1 N–H and O–H groups in total. The Morgan fingerprint density at radius 2 is 1.68 bits per heavy atom. The largest absolute Gasteiger partial charge is 0.416 e. The summed E-state index contributed by atoms with van der Waals surface area (Å²) in [6, 6.07) is 12.7. The predicted molar refractivity (Wildman–Crippen MR) is 141 cm³/mol. The molecule has 0 saturated heterocycles. The molecule has 6 nitrogen and oxygen atoms in total. The molecular formula is C29H36F3N3O3. The molecule has 0 radical (unpaired) electrons. The zero-order valence-electron chi connectivity index (χ0n) is 22.0. The zero-order valence-corrected chi connectivity index (χ0v) is 22.0. The number of benzene rings is 2. The lowest BCUT2D eigenvalue weighted by Crippen LogP contribution is -2.44. The monoisotopic (exact) mass is 531 g/mol. The van der Waals surface area contributed by atoms with Gasteiger partial charge in [-0.3, -0.25) is 9.59 Å². The Morgan fingerprint density at radius 3 is 2.37 bits per heavy atom. The number of methoxy groups -OCH3 is 1. The van der Waals surface area contributed by atoms with Crippen molar-refractivity contribution in [3.05, 3.63) is 71.4 Å². The Morgan fingerprint density at radius 1 is 0.947 bits per heavy atom. The van der Waals surface area contributed by atoms with Crippen LogP contribution in [0, 0.1) is 0 Å². The zero-order chi connectivity index (χ0) is 27.5. The number of carbonyl (C=O) groups is 2. The van der Waals surface area contributed by atoms with Gasteiger partial charge in [-0.05, 0) is 48.6 Å². The topological polar surface area (TPSA) is 65.6 Å². The highest BCUT2D eigenvalue weighted by Crippen LogP contribution is 2.29. The predicted octanol–water partition coefficient (Wildman–Crippen LogP) is 5.81. The van der Waals surface area contributed by atoms with Crippen molar-refractivity contribution in [2.24, 2.45) is 0 Å². The van der Waals surface area contributed by atoms with Crippen LogP contribution in [0.3, 0.4) is 0 Å². The van der Waals surface area contributed by atoms with Gasteiger partial charge in [-0.25, -0.2) is 0 Å². The highest BCUT2D eigenvalue weighted by atomic mass is 19.4. The Bertz CT molecular complexity index is 1180. The number of nitrogens with zero attached hydrogens (tertiary/aromatic N) is 2. The molecule has 0 bridgehead atoms. The van der Waals surface area contributed by atoms with Crippen LogP contribution in [0.1, 0.15) is 49.3 Å². The molecule has 206 valence electrons. The molecule has 0 fully saturated rings. The molecule has 0 saturated carbocycles. The third kappa shape index (κ3) is 8.34. The molecule has 3 rings (SSSR count). The van der Waals surface area contributed by atoms with Crippen molar-refractivity contribution in [3.63, 3.8) is 0 Å². The van der Waals surface area contributed by atoms with Crippen molar-refractivity contribution >= 4 is 22.7 Å². The normalized spacial score (nSPS) is 11.6. The minimum Gasteiger partial charge on any atom is -0.385 e. The maximum absolute atomic E-state index is 13.5. The van der Waals surface area contributed by atoms with E-state index in [1.165, 1.54) is 12.1 Å². The molecule has 2 aromatic carbocycles. The van der Waals surface area contributed by atoms with Crippen LogP contribution in [0.5, 0.6) is 0 Å². The quantitative estimate of drug-likeness (QED) is 0.267. The number of ether oxygens (including phenoxy) is 1. The van der Waals surface area contributed by atoms with Crippen LogP contribution >= 0.6 is 0 Å². The summed E-state index contributed by atoms with van der Waals surface area (Å²) >= 11 is 0. The minimum absolute atomic E-state index is 0.0811. The van der Waals surface area contributed by atoms with E-state index in [-0.39, 0.29) is 24.9 Å². The van der Waals surface area contributed by atoms with E-state index in [1.54, 1.807) is 16.9 Å². The second-order valence-electron chi connectivity index (χ2n) is 9.38. The van der Waals surface area contributed by atoms with Gasteiger partial charge >= 0.3 is 6.18 Å². The first kappa shape index (κ1) is 29.2. The number of amides is 2. The third-order valence-electron chi connectivity index (χ3n) is 6.53. The average Bonchev–Trinajstić information content (AvgIpc) is 3.32. The number of alkyl halides is 3. The van der Waals surface area contributed by atoms with Crippen LogP contribution in [-0.4, -0.2) is 59.9 Å². The number of H-pyrrole nitrogens is 1. The van der Waals surface area contributed by atoms with Crippen LogP contribution in [0.15, 0.2) is 54.7 Å². The van der Waals surface area contributed by atoms with E-state index in [9.17, 15) is 22.8 Å². The Labute approximate surface area is 221 Å². The summed E-state index contributed by atoms with van der Waals surface area (Å²) < 4.78 is 44.2. The maximum Gasteiger partial charge on any atom is 0.416 e. The second kappa shape index (κ2) is 14.0. The first-order valence-electron chi connectivity index (χ1n) is 13.0. The van der Waals surface area contributed by atoms with Gasteiger partial charge in [0.15, 0.2) is 0 Å². The Balaban J connectivity index is 1.78. The van der Waals surface area contributed by atoms with Crippen molar-refractivity contribution in [3.8, 4) is 0 Å². The number of aromatic nitrogens is 1. The summed E-state index contributed by atoms with van der Waals surface area (Å²) in [5, 5.41) is 1.06. The molecule has 0 aliphatic carbocycles. The summed E-state index contributed by atoms with van der Waals surface area (Å²) in [4.78, 5) is 32.8. The number of carbonyl (C=O) groups excluding carboxylic acids is 2. The molecule has 1 heterocycles. The average molecular weight is 532 g/mol. The highest BCUT2D eigenvalue weighted by molar-refractivity contribution is 5.85. The van der Waals surface area contributed by atoms with Crippen molar-refractivity contribution in [1.82, 2.24) is 14.8 Å². The number of rotatable bonds is 14. The van der Waals surface area contributed by atoms with Crippen molar-refractivity contribution in [2.75, 3.05) is 33.4 Å². The molecule has 0 aliphatic heterocycles. The molecule has 1 aromatic heterocycles. The van der Waals surface area contributed by atoms with Crippen LogP contribution < -0.4 is 0 Å². The fraction of sp³-hybridized carbons (Fsp3) is 0.448. The lowest BCUT2D eigenvalue weighted by Gasteiger charge is -2.28. The SMILES string of the molecule is CCCCC(=O)N(CCCOC)CC(=O)N(CCc1c[nH]c2ccccc12)Cc1ccc(C(F)(F)F)cc1. The molecule has 0 unspecified atom stereocenters. The molecule has 2 amide bonds. The van der Waals surface area contributed by atoms with E-state index in [0.29, 0.717) is 44.5 Å². The van der Waals surface area contributed by atoms with Crippen molar-refractivity contribution < 1.29 is 27.5 Å². The summed E-state index contributed by atoms with van der Waals surface area (Å²) in [5.41, 5.74) is 1.90. The lowest BCUT2D eigenvalue weighted by molar-refractivity contribution is -0.141. The molecule has 0 aliphatic rings. The van der Waals surface area contributed by atoms with E-state index in [1.807, 2.05) is 37.4 Å². The number of hydrogen-bond acceptors (Lipinski definition) is 3. The summed E-state index contributed by atoms with van der Waals surface area (Å²) in [5.74, 6) is -0.325. The maximum atomic E-state index is 13.5. The molecule has 0 spiro atoms. The van der Waals surface area contributed by atoms with Gasteiger partial charge in [0.05, 0.1) is 12.1 Å². The number of halogens is 3. The van der Waals surface area contributed by atoms with Crippen molar-refractivity contribution in [2.45, 2.75) is 51.7 Å². The lowest BCUT2D eigenvalue weighted by atomic mass is 10.1. The number of hydrogen-bond donors (Lipinski definition) is 1. The standard InChI is InChI=1S/C29H36F3N3O3/c1-3-4-10-27(36)34(16-7-18-38-2)21-28(37)35(20-22-11-13-24(14-12-22)29(30,31)32)17-15-23-19-33-26-9-6-5-8-25(23)26/h5-6,8-9,11-14,19,33H,3-4,7,10,15-18,20-21H2,1-2H3. The number of fused-ring (bicyclic) bond motifs is 1. The summed E-state index contributed by atoms with van der Waals surface area (Å²) in [6.07, 6.45) is 0.631. The van der Waals surface area contributed by atoms with Gasteiger partial charge < -0.3 is 19.5 Å². The molecule has 0 atom stereocenters. The van der Waals surface area contributed by atoms with Crippen LogP contribution in [0.25, 0.3) is 10.9 Å². The number of para-hydroxylation sites is 1. The molecule has 9 heteroatoms. The molecule has 38 heavy (non-hydrogen) atoms. The van der Waals surface area contributed by atoms with Crippen LogP contribution in [0.4, 0.5) is 13.2 Å². The van der Waals surface area contributed by atoms with E-state index in [0.717, 1.165) is 41.4 Å². The van der Waals surface area contributed by atoms with Gasteiger partial charge in [-0.2, -0.15) is 13.2 Å². The van der Waals surface area contributed by atoms with E-state index >= 15 is 0 Å². The summed E-state index contributed by atoms with van der Waals surface area (Å²) in [7, 11) is 1.59. The number of unbranched alkanes of at least 4 members (excludes halogenated alkanes) is 1. The minimum atomic E-state index is -4.43. The van der Waals surface area contributed by atoms with Gasteiger partial charge in [-0.15, -0.1) is 0 Å². The van der Waals surface area contributed by atoms with Gasteiger partial charge in [0, 0.05) is 56.9 Å². The molecule has 3 aromatic rings. The summed E-state index contributed by atoms with van der Waals surface area (Å²) in [6.45, 7) is 3.30. The van der Waals surface area contributed by atoms with Crippen LogP contribution in [0.2, 0.25) is 0 Å². The van der Waals surface area contributed by atoms with E-state index in [2.05, 4.69) is 4.98 Å². The van der Waals surface area contributed by atoms with Crippen LogP contribution in [-0.2, 0) is 33.5 Å². The Kier molecular flexibility index (Phi) is 10.8. The number of nitrogens with one attached hydrogen (secondary N) is 1. The Hall–Kier alpha value is -3.33. The fourth-order valence-electron chi connectivity index (χ4n) is 4.35. The fourth-order valence-corrected chi connectivity index (χ4v) is 4.35. The second-order valence-corrected chi connectivity index (χ2v) is 9.38. The highest BCUT2D eigenvalue weighted by Gasteiger charge is 2.30.